The summed E-state index contributed by atoms with van der Waals surface area (Å²) in [5.74, 6) is -2.38. The fourth-order valence-corrected chi connectivity index (χ4v) is 9.44. The number of fused-ring (bicyclic) bond motifs is 2. The van der Waals surface area contributed by atoms with Crippen molar-refractivity contribution in [2.24, 2.45) is 23.7 Å². The van der Waals surface area contributed by atoms with Crippen molar-refractivity contribution >= 4 is 40.6 Å². The van der Waals surface area contributed by atoms with Gasteiger partial charge in [0.25, 0.3) is 0 Å². The Hall–Kier alpha value is -3.18. The van der Waals surface area contributed by atoms with E-state index >= 15 is 0 Å². The molecule has 1 aromatic carbocycles. The Morgan fingerprint density at radius 3 is 2.73 bits per heavy atom. The van der Waals surface area contributed by atoms with E-state index in [0.717, 1.165) is 5.52 Å². The van der Waals surface area contributed by atoms with E-state index < -0.39 is 34.6 Å². The van der Waals surface area contributed by atoms with Crippen molar-refractivity contribution < 1.29 is 24.2 Å². The van der Waals surface area contributed by atoms with Gasteiger partial charge in [-0.25, -0.2) is 4.68 Å². The van der Waals surface area contributed by atoms with Crippen LogP contribution in [0.15, 0.2) is 49.6 Å². The minimum absolute atomic E-state index is 0.00749. The number of esters is 1. The zero-order chi connectivity index (χ0) is 29.5. The number of para-hydroxylation sites is 1. The maximum Gasteiger partial charge on any atom is 0.310 e. The standard InChI is InChI=1S/C30H39N5O5S/c1-6-8-14-40-29(39)24-23-15-19(5)30(41-23)25(24)27(37)35(22(16-36)18(3)4)26(30)28(38)33(13-7-2)17-34-21-12-10-9-11-20(21)31-32-34/h6-7,9-12,18-19,22-26,36H,1-2,8,13-17H2,3-5H3/t19?,22-,23-,24+,25-,26?,30?/m0/s1. The molecular weight excluding hydrogens is 542 g/mol. The average molecular weight is 582 g/mol. The summed E-state index contributed by atoms with van der Waals surface area (Å²) < 4.78 is 6.44. The number of aromatic nitrogens is 3. The van der Waals surface area contributed by atoms with Gasteiger partial charge in [-0.2, -0.15) is 0 Å². The van der Waals surface area contributed by atoms with Gasteiger partial charge in [-0.05, 0) is 36.8 Å². The summed E-state index contributed by atoms with van der Waals surface area (Å²) in [6.45, 7) is 13.8. The first-order chi connectivity index (χ1) is 19.7. The van der Waals surface area contributed by atoms with Gasteiger partial charge in [0.2, 0.25) is 11.8 Å². The van der Waals surface area contributed by atoms with Crippen LogP contribution in [0.4, 0.5) is 0 Å². The van der Waals surface area contributed by atoms with Gasteiger partial charge in [0, 0.05) is 11.8 Å². The van der Waals surface area contributed by atoms with E-state index in [9.17, 15) is 19.5 Å². The van der Waals surface area contributed by atoms with E-state index in [1.54, 1.807) is 38.4 Å². The van der Waals surface area contributed by atoms with Gasteiger partial charge in [-0.1, -0.05) is 50.3 Å². The number of ether oxygens (including phenoxy) is 1. The summed E-state index contributed by atoms with van der Waals surface area (Å²) >= 11 is 1.59. The van der Waals surface area contributed by atoms with Crippen LogP contribution in [0, 0.1) is 23.7 Å². The van der Waals surface area contributed by atoms with Gasteiger partial charge in [-0.15, -0.1) is 30.0 Å². The van der Waals surface area contributed by atoms with Gasteiger partial charge in [0.1, 0.15) is 18.2 Å². The molecule has 11 heteroatoms. The lowest BCUT2D eigenvalue weighted by Crippen LogP contribution is -2.60. The number of rotatable bonds is 12. The average Bonchev–Trinajstić information content (AvgIpc) is 3.66. The van der Waals surface area contributed by atoms with E-state index in [0.29, 0.717) is 18.4 Å². The molecule has 41 heavy (non-hydrogen) atoms. The van der Waals surface area contributed by atoms with Crippen LogP contribution in [0.3, 0.4) is 0 Å². The fourth-order valence-electron chi connectivity index (χ4n) is 7.05. The lowest BCUT2D eigenvalue weighted by molar-refractivity contribution is -0.155. The van der Waals surface area contributed by atoms with Crippen molar-refractivity contribution in [2.45, 2.75) is 62.4 Å². The SMILES string of the molecule is C=CCCOC(=O)[C@@H]1[C@@H]2CC(C)C3(S2)C(C(=O)N(CC=C)Cn2nnc4ccccc42)N([C@@H](CO)C(C)C)C(=O)[C@H]13. The highest BCUT2D eigenvalue weighted by molar-refractivity contribution is 8.02. The topological polar surface area (TPSA) is 118 Å². The summed E-state index contributed by atoms with van der Waals surface area (Å²) in [5.41, 5.74) is 1.50. The Morgan fingerprint density at radius 2 is 2.05 bits per heavy atom. The first kappa shape index (κ1) is 29.3. The second kappa shape index (κ2) is 11.6. The number of hydrogen-bond donors (Lipinski definition) is 1. The summed E-state index contributed by atoms with van der Waals surface area (Å²) in [4.78, 5) is 45.8. The molecule has 0 saturated carbocycles. The number of amides is 2. The van der Waals surface area contributed by atoms with Crippen molar-refractivity contribution in [3.05, 3.63) is 49.6 Å². The van der Waals surface area contributed by atoms with E-state index in [4.69, 9.17) is 4.74 Å². The Balaban J connectivity index is 1.57. The molecule has 2 bridgehead atoms. The lowest BCUT2D eigenvalue weighted by Gasteiger charge is -2.42. The van der Waals surface area contributed by atoms with Crippen LogP contribution >= 0.6 is 11.8 Å². The summed E-state index contributed by atoms with van der Waals surface area (Å²) in [7, 11) is 0. The van der Waals surface area contributed by atoms with E-state index in [-0.39, 0.29) is 55.3 Å². The van der Waals surface area contributed by atoms with Crippen LogP contribution < -0.4 is 0 Å². The number of likely N-dealkylation sites (tertiary alicyclic amines) is 1. The van der Waals surface area contributed by atoms with Crippen LogP contribution in [-0.4, -0.2) is 89.5 Å². The number of thioether (sulfide) groups is 1. The Kier molecular flexibility index (Phi) is 8.29. The number of carbonyl (C=O) groups excluding carboxylic acids is 3. The number of hydrogen-bond acceptors (Lipinski definition) is 8. The number of nitrogens with zero attached hydrogens (tertiary/aromatic N) is 5. The van der Waals surface area contributed by atoms with Crippen LogP contribution in [0.1, 0.15) is 33.6 Å². The molecule has 2 amide bonds. The molecule has 7 atom stereocenters. The zero-order valence-electron chi connectivity index (χ0n) is 23.9. The summed E-state index contributed by atoms with van der Waals surface area (Å²) in [6, 6.07) is 6.07. The smallest absolute Gasteiger partial charge is 0.310 e. The van der Waals surface area contributed by atoms with Crippen molar-refractivity contribution in [2.75, 3.05) is 19.8 Å². The van der Waals surface area contributed by atoms with Crippen LogP contribution in [-0.2, 0) is 25.8 Å². The molecule has 3 unspecified atom stereocenters. The Bertz CT molecular complexity index is 1350. The minimum Gasteiger partial charge on any atom is -0.465 e. The normalized spacial score (nSPS) is 29.1. The van der Waals surface area contributed by atoms with Gasteiger partial charge in [0.15, 0.2) is 0 Å². The van der Waals surface area contributed by atoms with E-state index in [2.05, 4.69) is 30.4 Å². The predicted octanol–water partition coefficient (Wildman–Crippen LogP) is 2.88. The highest BCUT2D eigenvalue weighted by Gasteiger charge is 2.77. The molecule has 0 radical (unpaired) electrons. The molecule has 1 aromatic heterocycles. The predicted molar refractivity (Wildman–Crippen MR) is 156 cm³/mol. The second-order valence-corrected chi connectivity index (χ2v) is 13.2. The molecule has 1 spiro atoms. The quantitative estimate of drug-likeness (QED) is 0.231. The molecule has 10 nitrogen and oxygen atoms in total. The first-order valence-corrected chi connectivity index (χ1v) is 15.1. The van der Waals surface area contributed by atoms with Crippen LogP contribution in [0.2, 0.25) is 0 Å². The number of benzene rings is 1. The van der Waals surface area contributed by atoms with Gasteiger partial charge in [0.05, 0.1) is 41.4 Å². The first-order valence-electron chi connectivity index (χ1n) is 14.3. The molecule has 3 aliphatic rings. The maximum atomic E-state index is 14.8. The third-order valence-electron chi connectivity index (χ3n) is 8.96. The second-order valence-electron chi connectivity index (χ2n) is 11.6. The number of carbonyl (C=O) groups is 3. The number of aliphatic hydroxyl groups is 1. The Labute approximate surface area is 244 Å². The number of aliphatic hydroxyl groups excluding tert-OH is 1. The molecular formula is C30H39N5O5S. The maximum absolute atomic E-state index is 14.8. The lowest BCUT2D eigenvalue weighted by atomic mass is 9.66. The van der Waals surface area contributed by atoms with Gasteiger partial charge >= 0.3 is 5.97 Å². The van der Waals surface area contributed by atoms with E-state index in [1.165, 1.54) is 0 Å². The van der Waals surface area contributed by atoms with E-state index in [1.807, 2.05) is 38.1 Å². The molecule has 4 heterocycles. The van der Waals surface area contributed by atoms with Crippen molar-refractivity contribution in [1.29, 1.82) is 0 Å². The molecule has 220 valence electrons. The minimum atomic E-state index is -0.870. The summed E-state index contributed by atoms with van der Waals surface area (Å²) in [5, 5.41) is 18.9. The van der Waals surface area contributed by atoms with Crippen molar-refractivity contribution in [3.8, 4) is 0 Å². The van der Waals surface area contributed by atoms with Crippen molar-refractivity contribution in [3.63, 3.8) is 0 Å². The highest BCUT2D eigenvalue weighted by atomic mass is 32.2. The third kappa shape index (κ3) is 4.67. The third-order valence-corrected chi connectivity index (χ3v) is 11.0. The fraction of sp³-hybridized carbons (Fsp3) is 0.567. The zero-order valence-corrected chi connectivity index (χ0v) is 24.7. The summed E-state index contributed by atoms with van der Waals surface area (Å²) in [6.07, 6.45) is 4.57. The highest BCUT2D eigenvalue weighted by Crippen LogP contribution is 2.69. The molecule has 3 saturated heterocycles. The molecule has 3 fully saturated rings. The largest absolute Gasteiger partial charge is 0.465 e. The Morgan fingerprint density at radius 1 is 1.29 bits per heavy atom. The van der Waals surface area contributed by atoms with Gasteiger partial charge in [-0.3, -0.25) is 14.4 Å². The van der Waals surface area contributed by atoms with Crippen LogP contribution in [0.25, 0.3) is 11.0 Å². The van der Waals surface area contributed by atoms with Crippen LogP contribution in [0.5, 0.6) is 0 Å². The molecule has 1 N–H and O–H groups in total. The molecule has 3 aliphatic heterocycles. The molecule has 5 rings (SSSR count). The molecule has 2 aromatic rings. The molecule has 0 aliphatic carbocycles. The van der Waals surface area contributed by atoms with Crippen molar-refractivity contribution in [1.82, 2.24) is 24.8 Å². The monoisotopic (exact) mass is 581 g/mol. The van der Waals surface area contributed by atoms with Gasteiger partial charge < -0.3 is 19.6 Å².